The minimum Gasteiger partial charge on any atom is -0.287 e. The largest absolute Gasteiger partial charge is 0.287 e. The third-order valence-corrected chi connectivity index (χ3v) is 10.9. The summed E-state index contributed by atoms with van der Waals surface area (Å²) in [6.45, 7) is 0.500. The fourth-order valence-corrected chi connectivity index (χ4v) is 8.13. The number of fused-ring (bicyclic) bond motifs is 4. The molecule has 0 saturated carbocycles. The van der Waals surface area contributed by atoms with Crippen molar-refractivity contribution in [3.63, 3.8) is 0 Å². The summed E-state index contributed by atoms with van der Waals surface area (Å²) in [5.41, 5.74) is 2.10. The van der Waals surface area contributed by atoms with Crippen LogP contribution in [0.15, 0.2) is 127 Å². The lowest BCUT2D eigenvalue weighted by atomic mass is 10.2. The molecule has 6 aromatic heterocycles. The maximum atomic E-state index is 13.9. The molecular formula is C37H26Cl2N8O4S2. The van der Waals surface area contributed by atoms with E-state index in [1.54, 1.807) is 69.8 Å². The average molecular weight is 782 g/mol. The molecule has 0 N–H and O–H groups in total. The van der Waals surface area contributed by atoms with Crippen molar-refractivity contribution in [2.75, 3.05) is 0 Å². The molecule has 0 saturated heterocycles. The van der Waals surface area contributed by atoms with Crippen LogP contribution in [0.4, 0.5) is 0 Å². The summed E-state index contributed by atoms with van der Waals surface area (Å²) >= 11 is 14.7. The smallest absolute Gasteiger partial charge is 0.262 e. The molecule has 0 unspecified atom stereocenters. The Morgan fingerprint density at radius 2 is 0.981 bits per heavy atom. The van der Waals surface area contributed by atoms with E-state index in [0.29, 0.717) is 71.3 Å². The molecule has 0 amide bonds. The summed E-state index contributed by atoms with van der Waals surface area (Å²) in [5, 5.41) is 2.70. The van der Waals surface area contributed by atoms with Gasteiger partial charge in [0.25, 0.3) is 22.2 Å². The van der Waals surface area contributed by atoms with E-state index in [9.17, 15) is 19.2 Å². The van der Waals surface area contributed by atoms with Gasteiger partial charge in [-0.3, -0.25) is 37.1 Å². The molecule has 8 rings (SSSR count). The lowest BCUT2D eigenvalue weighted by Crippen LogP contribution is -2.27. The maximum absolute atomic E-state index is 13.9. The summed E-state index contributed by atoms with van der Waals surface area (Å²) < 4.78 is 5.97. The summed E-state index contributed by atoms with van der Waals surface area (Å²) in [6.07, 6.45) is 3.43. The average Bonchev–Trinajstić information content (AvgIpc) is 3.15. The van der Waals surface area contributed by atoms with E-state index >= 15 is 0 Å². The van der Waals surface area contributed by atoms with Gasteiger partial charge < -0.3 is 0 Å². The molecule has 8 aromatic rings. The number of pyridine rings is 2. The molecule has 0 radical (unpaired) electrons. The van der Waals surface area contributed by atoms with Gasteiger partial charge in [0.05, 0.1) is 43.2 Å². The van der Waals surface area contributed by atoms with Crippen molar-refractivity contribution >= 4 is 79.8 Å². The van der Waals surface area contributed by atoms with Crippen LogP contribution in [0, 0.1) is 0 Å². The summed E-state index contributed by atoms with van der Waals surface area (Å²) in [4.78, 5) is 72.2. The van der Waals surface area contributed by atoms with Crippen LogP contribution in [-0.2, 0) is 24.6 Å². The van der Waals surface area contributed by atoms with Crippen molar-refractivity contribution in [3.8, 4) is 0 Å². The van der Waals surface area contributed by atoms with E-state index in [2.05, 4.69) is 9.97 Å². The number of thioether (sulfide) groups is 2. The van der Waals surface area contributed by atoms with E-state index in [1.807, 2.05) is 12.1 Å². The molecule has 264 valence electrons. The minimum atomic E-state index is -0.270. The van der Waals surface area contributed by atoms with Crippen LogP contribution in [0.25, 0.3) is 33.1 Å². The first kappa shape index (κ1) is 34.8. The number of rotatable bonds is 10. The molecule has 16 heteroatoms. The summed E-state index contributed by atoms with van der Waals surface area (Å²) in [5.74, 6) is 0.570. The Balaban J connectivity index is 1.08. The van der Waals surface area contributed by atoms with E-state index in [1.165, 1.54) is 56.9 Å². The summed E-state index contributed by atoms with van der Waals surface area (Å²) in [7, 11) is 0. The minimum absolute atomic E-state index is 0.215. The first-order valence-electron chi connectivity index (χ1n) is 16.3. The Morgan fingerprint density at radius 3 is 1.43 bits per heavy atom. The number of aromatic nitrogens is 8. The van der Waals surface area contributed by atoms with Gasteiger partial charge in [-0.15, -0.1) is 0 Å². The quantitative estimate of drug-likeness (QED) is 0.118. The molecule has 12 nitrogen and oxygen atoms in total. The predicted octanol–water partition coefficient (Wildman–Crippen LogP) is 6.10. The number of halogens is 2. The zero-order valence-electron chi connectivity index (χ0n) is 27.6. The monoisotopic (exact) mass is 780 g/mol. The normalized spacial score (nSPS) is 11.7. The molecule has 6 heterocycles. The molecule has 53 heavy (non-hydrogen) atoms. The standard InChI is InChI=1S/C37H26Cl2N8O4S2/c38-22-10-12-30-40-24(16-32(48)46(30)18-22)20-52-36-42-28-8-3-1-6-26(28)34(50)44(36)14-5-15-45-35(51)27-7-2-4-9-29(27)43-37(45)53-21-25-17-33(49)47-19-23(39)11-13-31(47)41-25/h1-4,6-13,16-19H,5,14-15,20-21H2. The Morgan fingerprint density at radius 1 is 0.547 bits per heavy atom. The zero-order chi connectivity index (χ0) is 36.6. The number of para-hydroxylation sites is 2. The number of nitrogens with zero attached hydrogens (tertiary/aromatic N) is 8. The Labute approximate surface area is 317 Å². The zero-order valence-corrected chi connectivity index (χ0v) is 30.7. The highest BCUT2D eigenvalue weighted by Gasteiger charge is 2.16. The van der Waals surface area contributed by atoms with Crippen LogP contribution in [0.5, 0.6) is 0 Å². The Bertz CT molecular complexity index is 2780. The molecule has 0 aliphatic heterocycles. The van der Waals surface area contributed by atoms with Gasteiger partial charge in [0.2, 0.25) is 0 Å². The van der Waals surface area contributed by atoms with Gasteiger partial charge in [-0.2, -0.15) is 0 Å². The van der Waals surface area contributed by atoms with Gasteiger partial charge in [0, 0.05) is 49.1 Å². The molecule has 0 spiro atoms. The predicted molar refractivity (Wildman–Crippen MR) is 209 cm³/mol. The van der Waals surface area contributed by atoms with Crippen molar-refractivity contribution < 1.29 is 0 Å². The van der Waals surface area contributed by atoms with Crippen LogP contribution in [0.2, 0.25) is 10.0 Å². The van der Waals surface area contributed by atoms with Gasteiger partial charge >= 0.3 is 0 Å². The van der Waals surface area contributed by atoms with E-state index in [-0.39, 0.29) is 46.8 Å². The fraction of sp³-hybridized carbons (Fsp3) is 0.135. The van der Waals surface area contributed by atoms with Crippen molar-refractivity contribution in [2.24, 2.45) is 0 Å². The van der Waals surface area contributed by atoms with Crippen molar-refractivity contribution in [1.82, 2.24) is 37.9 Å². The van der Waals surface area contributed by atoms with Gasteiger partial charge in [0.15, 0.2) is 10.3 Å². The third-order valence-electron chi connectivity index (χ3n) is 8.47. The van der Waals surface area contributed by atoms with Crippen LogP contribution in [-0.4, -0.2) is 37.9 Å². The molecule has 2 aromatic carbocycles. The van der Waals surface area contributed by atoms with Crippen molar-refractivity contribution in [1.29, 1.82) is 0 Å². The first-order chi connectivity index (χ1) is 25.7. The highest BCUT2D eigenvalue weighted by molar-refractivity contribution is 7.98. The second kappa shape index (κ2) is 14.6. The topological polar surface area (TPSA) is 139 Å². The van der Waals surface area contributed by atoms with Crippen LogP contribution < -0.4 is 22.2 Å². The molecule has 0 aliphatic carbocycles. The molecule has 0 fully saturated rings. The number of benzene rings is 2. The SMILES string of the molecule is O=c1c2ccccc2nc(SCc2cc(=O)n3cc(Cl)ccc3n2)n1CCCn1c(SCc2cc(=O)n3cc(Cl)ccc3n2)nc2ccccc2c1=O. The Kier molecular flexibility index (Phi) is 9.60. The molecular weight excluding hydrogens is 755 g/mol. The van der Waals surface area contributed by atoms with E-state index < -0.39 is 0 Å². The van der Waals surface area contributed by atoms with Crippen LogP contribution in [0.3, 0.4) is 0 Å². The highest BCUT2D eigenvalue weighted by Crippen LogP contribution is 2.24. The third kappa shape index (κ3) is 7.10. The van der Waals surface area contributed by atoms with Gasteiger partial charge in [0.1, 0.15) is 11.3 Å². The second-order valence-corrected chi connectivity index (χ2v) is 14.7. The Hall–Kier alpha value is -5.28. The number of hydrogen-bond donors (Lipinski definition) is 0. The first-order valence-corrected chi connectivity index (χ1v) is 19.0. The van der Waals surface area contributed by atoms with Crippen molar-refractivity contribution in [2.45, 2.75) is 41.3 Å². The van der Waals surface area contributed by atoms with Gasteiger partial charge in [-0.25, -0.2) is 19.9 Å². The summed E-state index contributed by atoms with van der Waals surface area (Å²) in [6, 6.07) is 23.8. The van der Waals surface area contributed by atoms with Crippen LogP contribution >= 0.6 is 46.7 Å². The second-order valence-electron chi connectivity index (χ2n) is 12.0. The molecule has 0 atom stereocenters. The van der Waals surface area contributed by atoms with E-state index in [0.717, 1.165) is 0 Å². The maximum Gasteiger partial charge on any atom is 0.262 e. The van der Waals surface area contributed by atoms with Gasteiger partial charge in [-0.05, 0) is 55.0 Å². The lowest BCUT2D eigenvalue weighted by molar-refractivity contribution is 0.489. The molecule has 0 aliphatic rings. The van der Waals surface area contributed by atoms with Crippen LogP contribution in [0.1, 0.15) is 17.8 Å². The van der Waals surface area contributed by atoms with Gasteiger partial charge in [-0.1, -0.05) is 71.0 Å². The number of hydrogen-bond acceptors (Lipinski definition) is 10. The lowest BCUT2D eigenvalue weighted by Gasteiger charge is -2.16. The van der Waals surface area contributed by atoms with Crippen molar-refractivity contribution in [3.05, 3.63) is 160 Å². The highest BCUT2D eigenvalue weighted by atomic mass is 35.5. The van der Waals surface area contributed by atoms with E-state index in [4.69, 9.17) is 33.2 Å². The molecule has 0 bridgehead atoms. The fourth-order valence-electron chi connectivity index (χ4n) is 5.97.